The molecule has 10 rings (SSSR count). The first-order valence-electron chi connectivity index (χ1n) is 23.5. The van der Waals surface area contributed by atoms with E-state index in [9.17, 15) is 0 Å². The molecule has 10 aromatic rings. The Labute approximate surface area is 387 Å². The molecule has 0 aliphatic carbocycles. The zero-order valence-corrected chi connectivity index (χ0v) is 37.6. The van der Waals surface area contributed by atoms with Gasteiger partial charge in [-0.2, -0.15) is 0 Å². The molecule has 0 spiro atoms. The van der Waals surface area contributed by atoms with E-state index in [-0.39, 0.29) is 25.7 Å². The molecule has 0 N–H and O–H groups in total. The summed E-state index contributed by atoms with van der Waals surface area (Å²) >= 11 is 0. The van der Waals surface area contributed by atoms with E-state index < -0.39 is 24.5 Å². The number of rotatable bonds is 7. The molecule has 3 heterocycles. The molecule has 309 valence electrons. The molecule has 0 bridgehead atoms. The Bertz CT molecular complexity index is 3390. The van der Waals surface area contributed by atoms with Gasteiger partial charge in [0.15, 0.2) is 0 Å². The van der Waals surface area contributed by atoms with Crippen LogP contribution in [0.15, 0.2) is 174 Å². The maximum atomic E-state index is 8.76. The van der Waals surface area contributed by atoms with E-state index in [1.54, 1.807) is 12.3 Å². The monoisotopic (exact) mass is 990 g/mol. The Morgan fingerprint density at radius 2 is 1.50 bits per heavy atom. The van der Waals surface area contributed by atoms with Crippen molar-refractivity contribution in [1.29, 1.82) is 0 Å². The summed E-state index contributed by atoms with van der Waals surface area (Å²) in [5.41, 5.74) is 11.3. The van der Waals surface area contributed by atoms with Gasteiger partial charge in [0.2, 0.25) is 0 Å². The van der Waals surface area contributed by atoms with Gasteiger partial charge in [0.05, 0.1) is 22.4 Å². The third-order valence-electron chi connectivity index (χ3n) is 10.6. The van der Waals surface area contributed by atoms with Crippen molar-refractivity contribution in [2.75, 3.05) is 0 Å². The Kier molecular flexibility index (Phi) is 10.2. The van der Waals surface area contributed by atoms with E-state index in [0.29, 0.717) is 22.5 Å². The standard InChI is InChI=1S/C29H25N2.C28H24NO.Ir/c1-20(2)25-15-10-16-27-28(25)31(24-13-8-5-9-14-24)29(30-27)23-18-17-21(3)26(19-23)22-11-6-4-7-12-22;1-28(2,3)18-19-11-13-20(14-12-19)21-15-16-29-25(17-21)24-9-6-8-23-22-7-4-5-10-26(22)30-27(23)24;/h4-17,19-20H,1-3H3;4-8,10-17H,18H2,1-3H3;/q2*-1;/i3D3,20D;18D2;. The van der Waals surface area contributed by atoms with Crippen LogP contribution in [-0.2, 0) is 26.5 Å². The van der Waals surface area contributed by atoms with Gasteiger partial charge in [-0.25, -0.2) is 0 Å². The fourth-order valence-corrected chi connectivity index (χ4v) is 7.82. The largest absolute Gasteiger partial charge is 0.501 e. The van der Waals surface area contributed by atoms with Gasteiger partial charge in [0.25, 0.3) is 0 Å². The van der Waals surface area contributed by atoms with Crippen LogP contribution in [0, 0.1) is 24.4 Å². The van der Waals surface area contributed by atoms with Gasteiger partial charge < -0.3 is 14.0 Å². The molecular weight excluding hydrogens is 935 g/mol. The first kappa shape index (κ1) is 35.2. The van der Waals surface area contributed by atoms with Crippen LogP contribution in [0.25, 0.3) is 83.6 Å². The number of hydrogen-bond donors (Lipinski definition) is 0. The third-order valence-corrected chi connectivity index (χ3v) is 10.6. The summed E-state index contributed by atoms with van der Waals surface area (Å²) in [6.45, 7) is 7.23. The second-order valence-corrected chi connectivity index (χ2v) is 16.4. The van der Waals surface area contributed by atoms with Crippen LogP contribution in [0.3, 0.4) is 0 Å². The van der Waals surface area contributed by atoms with Crippen LogP contribution >= 0.6 is 0 Å². The van der Waals surface area contributed by atoms with Crippen molar-refractivity contribution in [3.63, 3.8) is 0 Å². The van der Waals surface area contributed by atoms with Crippen molar-refractivity contribution in [2.45, 2.75) is 53.7 Å². The molecule has 7 aromatic carbocycles. The zero-order chi connectivity index (χ0) is 47.3. The Morgan fingerprint density at radius 3 is 2.24 bits per heavy atom. The SMILES string of the molecule is [2H]C([2H])([2H])c1c[c-]c(-c2nc3cccc(C([2H])(C)C)c3n2-c2ccccc2)cc1-c1ccccc1.[2H]C([2H])(c1ccc(-c2ccnc(-c3[c-]ccc4c3oc3ccccc34)c2)cc1)C(C)(C)C.[Ir]. The molecule has 0 fully saturated rings. The quantitative estimate of drug-likeness (QED) is 0.149. The number of pyridine rings is 1. The normalized spacial score (nSPS) is 13.5. The number of benzene rings is 7. The van der Waals surface area contributed by atoms with Crippen molar-refractivity contribution >= 4 is 33.0 Å². The minimum atomic E-state index is -2.28. The summed E-state index contributed by atoms with van der Waals surface area (Å²) in [7, 11) is 0. The number of hydrogen-bond acceptors (Lipinski definition) is 3. The van der Waals surface area contributed by atoms with Crippen molar-refractivity contribution in [3.05, 3.63) is 199 Å². The maximum absolute atomic E-state index is 8.76. The zero-order valence-electron chi connectivity index (χ0n) is 41.2. The van der Waals surface area contributed by atoms with Crippen LogP contribution in [0.4, 0.5) is 0 Å². The predicted molar refractivity (Wildman–Crippen MR) is 254 cm³/mol. The Morgan fingerprint density at radius 1 is 0.758 bits per heavy atom. The van der Waals surface area contributed by atoms with Crippen LogP contribution in [0.1, 0.15) is 65.4 Å². The number of aromatic nitrogens is 3. The molecule has 0 saturated carbocycles. The number of para-hydroxylation sites is 3. The maximum Gasteiger partial charge on any atom is 0.120 e. The number of nitrogens with zero attached hydrogens (tertiary/aromatic N) is 3. The second-order valence-electron chi connectivity index (χ2n) is 16.4. The van der Waals surface area contributed by atoms with Crippen LogP contribution in [0.2, 0.25) is 0 Å². The third kappa shape index (κ3) is 8.70. The molecule has 0 atom stereocenters. The summed E-state index contributed by atoms with van der Waals surface area (Å²) < 4.78 is 58.2. The predicted octanol–water partition coefficient (Wildman–Crippen LogP) is 15.3. The minimum absolute atomic E-state index is 0. The molecule has 0 aliphatic rings. The fourth-order valence-electron chi connectivity index (χ4n) is 7.82. The van der Waals surface area contributed by atoms with Crippen LogP contribution < -0.4 is 0 Å². The van der Waals surface area contributed by atoms with E-state index in [1.807, 2.05) is 186 Å². The molecule has 3 aromatic heterocycles. The number of fused-ring (bicyclic) bond motifs is 4. The molecule has 1 radical (unpaired) electrons. The summed E-state index contributed by atoms with van der Waals surface area (Å²) in [6.07, 6.45) is 0.378. The van der Waals surface area contributed by atoms with Crippen LogP contribution in [-0.4, -0.2) is 14.5 Å². The van der Waals surface area contributed by atoms with Gasteiger partial charge in [-0.15, -0.1) is 47.5 Å². The van der Waals surface area contributed by atoms with E-state index in [2.05, 4.69) is 27.8 Å². The molecular formula is C57H49IrN3O-2. The first-order chi connectivity index (χ1) is 31.9. The van der Waals surface area contributed by atoms with Gasteiger partial charge in [-0.3, -0.25) is 4.98 Å². The van der Waals surface area contributed by atoms with Gasteiger partial charge in [-0.05, 0) is 81.5 Å². The minimum Gasteiger partial charge on any atom is -0.501 e. The summed E-state index contributed by atoms with van der Waals surface area (Å²) in [4.78, 5) is 9.56. The molecule has 0 amide bonds. The Balaban J connectivity index is 0.000000182. The second kappa shape index (κ2) is 17.9. The van der Waals surface area contributed by atoms with E-state index >= 15 is 0 Å². The Hall–Kier alpha value is -6.39. The summed E-state index contributed by atoms with van der Waals surface area (Å²) in [6, 6.07) is 58.9. The topological polar surface area (TPSA) is 43.9 Å². The molecule has 0 unspecified atom stereocenters. The van der Waals surface area contributed by atoms with Crippen molar-refractivity contribution < 1.29 is 32.7 Å². The van der Waals surface area contributed by atoms with Crippen LogP contribution in [0.5, 0.6) is 0 Å². The van der Waals surface area contributed by atoms with Gasteiger partial charge in [0.1, 0.15) is 5.58 Å². The summed E-state index contributed by atoms with van der Waals surface area (Å²) in [5, 5.41) is 2.13. The fraction of sp³-hybridized carbons (Fsp3) is 0.158. The number of imidazole rings is 1. The average Bonchev–Trinajstić information content (AvgIpc) is 3.91. The molecule has 4 nitrogen and oxygen atoms in total. The van der Waals surface area contributed by atoms with Crippen molar-refractivity contribution in [1.82, 2.24) is 14.5 Å². The van der Waals surface area contributed by atoms with Crippen molar-refractivity contribution in [3.8, 4) is 50.6 Å². The molecule has 0 aliphatic heterocycles. The average molecular weight is 990 g/mol. The molecule has 5 heteroatoms. The van der Waals surface area contributed by atoms with E-state index in [1.165, 1.54) is 0 Å². The van der Waals surface area contributed by atoms with Gasteiger partial charge in [-0.1, -0.05) is 167 Å². The summed E-state index contributed by atoms with van der Waals surface area (Å²) in [5.74, 6) is -0.190. The van der Waals surface area contributed by atoms with E-state index in [0.717, 1.165) is 72.2 Å². The molecule has 62 heavy (non-hydrogen) atoms. The smallest absolute Gasteiger partial charge is 0.120 e. The van der Waals surface area contributed by atoms with Crippen molar-refractivity contribution in [2.24, 2.45) is 5.41 Å². The number of furan rings is 1. The first-order valence-corrected chi connectivity index (χ1v) is 20.5. The van der Waals surface area contributed by atoms with E-state index in [4.69, 9.17) is 17.6 Å². The molecule has 0 saturated heterocycles. The number of aryl methyl sites for hydroxylation is 1. The van der Waals surface area contributed by atoms with Gasteiger partial charge >= 0.3 is 0 Å². The van der Waals surface area contributed by atoms with Gasteiger partial charge in [0, 0.05) is 45.6 Å².